The van der Waals surface area contributed by atoms with Crippen LogP contribution in [0.5, 0.6) is 0 Å². The molecule has 0 saturated heterocycles. The Hall–Kier alpha value is 0.789. The van der Waals surface area contributed by atoms with Gasteiger partial charge in [0.05, 0.1) is 0 Å². The Bertz CT molecular complexity index is 8.00. The number of rotatable bonds is 0. The van der Waals surface area contributed by atoms with Crippen molar-refractivity contribution in [1.82, 2.24) is 0 Å². The zero-order chi connectivity index (χ0) is 2.00. The van der Waals surface area contributed by atoms with E-state index in [0.717, 1.165) is 0 Å². The van der Waals surface area contributed by atoms with Crippen LogP contribution in [0.15, 0.2) is 0 Å². The fourth-order valence-electron chi connectivity index (χ4n) is 0. The summed E-state index contributed by atoms with van der Waals surface area (Å²) in [5.41, 5.74) is 0. The quantitative estimate of drug-likeness (QED) is 0.341. The first-order valence-corrected chi connectivity index (χ1v) is 0.258. The summed E-state index contributed by atoms with van der Waals surface area (Å²) in [6.07, 6.45) is 0. The van der Waals surface area contributed by atoms with Crippen molar-refractivity contribution in [2.24, 2.45) is 5.90 Å². The summed E-state index contributed by atoms with van der Waals surface area (Å²) in [6.45, 7) is 0. The maximum atomic E-state index is 6.50. The Balaban J connectivity index is -0.00000000500. The molecule has 0 aliphatic carbocycles. The molecule has 0 amide bonds. The van der Waals surface area contributed by atoms with Crippen molar-refractivity contribution in [2.45, 2.75) is 0 Å². The maximum absolute atomic E-state index is 6.50. The Morgan fingerprint density at radius 1 is 1.25 bits per heavy atom. The van der Waals surface area contributed by atoms with Gasteiger partial charge in [0, 0.05) is 17.1 Å². The second kappa shape index (κ2) is 47.3. The molecule has 0 fully saturated rings. The molecule has 0 aromatic rings. The summed E-state index contributed by atoms with van der Waals surface area (Å²) in [5.74, 6) is 3.50. The van der Waals surface area contributed by atoms with Crippen LogP contribution in [0.3, 0.4) is 0 Å². The zero-order valence-electron chi connectivity index (χ0n) is 1.83. The van der Waals surface area contributed by atoms with Gasteiger partial charge in [0.1, 0.15) is 0 Å². The van der Waals surface area contributed by atoms with Gasteiger partial charge in [-0.25, -0.2) is 5.90 Å². The molecule has 1 radical (unpaired) electrons. The van der Waals surface area contributed by atoms with E-state index in [9.17, 15) is 0 Å². The Kier molecular flexibility index (Phi) is 254. The van der Waals surface area contributed by atoms with Crippen molar-refractivity contribution in [3.63, 3.8) is 0 Å². The van der Waals surface area contributed by atoms with E-state index in [0.29, 0.717) is 0 Å². The maximum Gasteiger partial charge on any atom is 0 e. The van der Waals surface area contributed by atoms with Gasteiger partial charge in [-0.15, -0.1) is 0 Å². The largest absolute Gasteiger partial charge is 0.320 e. The first-order chi connectivity index (χ1) is 1.00. The Morgan fingerprint density at radius 2 is 1.25 bits per heavy atom. The van der Waals surface area contributed by atoms with Gasteiger partial charge in [-0.1, -0.05) is 0 Å². The monoisotopic (exact) mass is 130 g/mol. The van der Waals surface area contributed by atoms with Crippen LogP contribution in [-0.2, 0) is 17.1 Å². The SMILES string of the molecule is NO.S.[Cu]. The van der Waals surface area contributed by atoms with Gasteiger partial charge in [0.15, 0.2) is 0 Å². The van der Waals surface area contributed by atoms with E-state index in [1.54, 1.807) is 0 Å². The van der Waals surface area contributed by atoms with E-state index in [1.807, 2.05) is 0 Å². The van der Waals surface area contributed by atoms with Crippen molar-refractivity contribution in [3.8, 4) is 0 Å². The average Bonchev–Trinajstić information content (AvgIpc) is 1.00. The molecule has 0 unspecified atom stereocenters. The van der Waals surface area contributed by atoms with Crippen molar-refractivity contribution in [1.29, 1.82) is 0 Å². The second-order valence-corrected chi connectivity index (χ2v) is 0. The molecule has 4 heteroatoms. The normalized spacial score (nSPS) is 1.50. The predicted octanol–water partition coefficient (Wildman–Crippen LogP) is -0.555. The molecule has 0 spiro atoms. The van der Waals surface area contributed by atoms with Gasteiger partial charge in [-0.3, -0.25) is 0 Å². The molecule has 2 nitrogen and oxygen atoms in total. The van der Waals surface area contributed by atoms with Crippen LogP contribution in [0.1, 0.15) is 0 Å². The van der Waals surface area contributed by atoms with Crippen molar-refractivity contribution >= 4 is 13.5 Å². The fourth-order valence-corrected chi connectivity index (χ4v) is 0. The Morgan fingerprint density at radius 3 is 1.25 bits per heavy atom. The summed E-state index contributed by atoms with van der Waals surface area (Å²) in [4.78, 5) is 0. The molecule has 0 heterocycles. The third-order valence-corrected chi connectivity index (χ3v) is 0. The van der Waals surface area contributed by atoms with Crippen LogP contribution in [0.2, 0.25) is 0 Å². The minimum absolute atomic E-state index is 0. The van der Waals surface area contributed by atoms with Gasteiger partial charge in [-0.05, 0) is 0 Å². The molecule has 4 heavy (non-hydrogen) atoms. The number of hydrogen-bond acceptors (Lipinski definition) is 2. The summed E-state index contributed by atoms with van der Waals surface area (Å²) in [6, 6.07) is 0. The molecular formula is H5CuNOS. The van der Waals surface area contributed by atoms with Crippen LogP contribution in [0.4, 0.5) is 0 Å². The zero-order valence-corrected chi connectivity index (χ0v) is 3.77. The third-order valence-electron chi connectivity index (χ3n) is 0. The molecule has 0 aromatic heterocycles. The molecule has 0 saturated carbocycles. The van der Waals surface area contributed by atoms with Crippen LogP contribution in [0, 0.1) is 0 Å². The number of nitrogens with two attached hydrogens (primary N) is 1. The molecule has 0 rings (SSSR count). The van der Waals surface area contributed by atoms with Gasteiger partial charge in [0.2, 0.25) is 0 Å². The first kappa shape index (κ1) is 21.5. The van der Waals surface area contributed by atoms with E-state index < -0.39 is 0 Å². The van der Waals surface area contributed by atoms with Gasteiger partial charge in [-0.2, -0.15) is 13.5 Å². The standard InChI is InChI=1S/Cu.H3NO.H2S/c;1-2;/h;2H,1H2;1H2. The second-order valence-electron chi connectivity index (χ2n) is 0. The average molecular weight is 131 g/mol. The molecule has 33 valence electrons. The summed E-state index contributed by atoms with van der Waals surface area (Å²) in [7, 11) is 0. The summed E-state index contributed by atoms with van der Waals surface area (Å²) in [5, 5.41) is 6.50. The van der Waals surface area contributed by atoms with E-state index >= 15 is 0 Å². The van der Waals surface area contributed by atoms with Crippen LogP contribution < -0.4 is 5.90 Å². The summed E-state index contributed by atoms with van der Waals surface area (Å²) < 4.78 is 0. The molecule has 0 atom stereocenters. The number of hydrogen-bond donors (Lipinski definition) is 2. The molecule has 0 aliphatic heterocycles. The van der Waals surface area contributed by atoms with E-state index in [2.05, 4.69) is 5.90 Å². The van der Waals surface area contributed by atoms with Gasteiger partial charge >= 0.3 is 0 Å². The van der Waals surface area contributed by atoms with Crippen LogP contribution in [0.25, 0.3) is 0 Å². The molecule has 0 aromatic carbocycles. The predicted molar refractivity (Wildman–Crippen MR) is 16.4 cm³/mol. The fraction of sp³-hybridized carbons (Fsp3) is 0. The van der Waals surface area contributed by atoms with Gasteiger partial charge < -0.3 is 5.21 Å². The minimum atomic E-state index is 0. The topological polar surface area (TPSA) is 46.2 Å². The first-order valence-electron chi connectivity index (χ1n) is 0.258. The third kappa shape index (κ3) is 14.3. The summed E-state index contributed by atoms with van der Waals surface area (Å²) >= 11 is 0. The van der Waals surface area contributed by atoms with Crippen molar-refractivity contribution in [3.05, 3.63) is 0 Å². The van der Waals surface area contributed by atoms with Gasteiger partial charge in [0.25, 0.3) is 0 Å². The smallest absolute Gasteiger partial charge is 0 e. The molecule has 0 bridgehead atoms. The molecule has 3 N–H and O–H groups in total. The van der Waals surface area contributed by atoms with Crippen LogP contribution in [-0.4, -0.2) is 5.21 Å². The van der Waals surface area contributed by atoms with Crippen LogP contribution >= 0.6 is 13.5 Å². The Labute approximate surface area is 42.3 Å². The van der Waals surface area contributed by atoms with E-state index in [-0.39, 0.29) is 30.6 Å². The van der Waals surface area contributed by atoms with E-state index in [4.69, 9.17) is 5.21 Å². The van der Waals surface area contributed by atoms with Crippen molar-refractivity contribution in [2.75, 3.05) is 0 Å². The molecule has 0 aliphatic rings. The van der Waals surface area contributed by atoms with E-state index in [1.165, 1.54) is 0 Å². The molecular weight excluding hydrogens is 126 g/mol. The minimum Gasteiger partial charge on any atom is -0.320 e. The van der Waals surface area contributed by atoms with Crippen molar-refractivity contribution < 1.29 is 22.3 Å².